The zero-order valence-corrected chi connectivity index (χ0v) is 9.06. The molecule has 1 heteroatoms. The second-order valence-corrected chi connectivity index (χ2v) is 4.03. The Morgan fingerprint density at radius 3 is 2.33 bits per heavy atom. The summed E-state index contributed by atoms with van der Waals surface area (Å²) in [4.78, 5) is 0. The van der Waals surface area contributed by atoms with Gasteiger partial charge in [0, 0.05) is 0 Å². The largest absolute Gasteiger partial charge is 0.390 e. The molecule has 1 saturated carbocycles. The minimum absolute atomic E-state index is 0.356. The molecule has 0 amide bonds. The average Bonchev–Trinajstić information content (AvgIpc) is 2.17. The Kier molecular flexibility index (Phi) is 5.56. The molecule has 0 aromatic heterocycles. The Labute approximate surface area is 77.2 Å². The van der Waals surface area contributed by atoms with E-state index in [1.165, 1.54) is 19.3 Å². The van der Waals surface area contributed by atoms with E-state index in [0.29, 0.717) is 0 Å². The van der Waals surface area contributed by atoms with Crippen molar-refractivity contribution in [2.45, 2.75) is 65.4 Å². The highest BCUT2D eigenvalue weighted by atomic mass is 16.3. The number of hydrogen-bond donors (Lipinski definition) is 1. The Morgan fingerprint density at radius 1 is 1.17 bits per heavy atom. The topological polar surface area (TPSA) is 20.2 Å². The number of aliphatic hydroxyl groups is 1. The van der Waals surface area contributed by atoms with Crippen LogP contribution in [-0.2, 0) is 0 Å². The molecular weight excluding hydrogens is 148 g/mol. The molecule has 0 spiro atoms. The van der Waals surface area contributed by atoms with Crippen molar-refractivity contribution in [1.82, 2.24) is 0 Å². The van der Waals surface area contributed by atoms with Crippen molar-refractivity contribution in [1.29, 1.82) is 0 Å². The predicted molar refractivity (Wildman–Crippen MR) is 54.2 cm³/mol. The Hall–Kier alpha value is -0.0400. The van der Waals surface area contributed by atoms with Crippen molar-refractivity contribution in [3.63, 3.8) is 0 Å². The third-order valence-corrected chi connectivity index (χ3v) is 2.59. The molecule has 1 rings (SSSR count). The fourth-order valence-electron chi connectivity index (χ4n) is 1.66. The predicted octanol–water partition coefficient (Wildman–Crippen LogP) is 3.36. The van der Waals surface area contributed by atoms with Crippen molar-refractivity contribution in [3.05, 3.63) is 0 Å². The van der Waals surface area contributed by atoms with Gasteiger partial charge in [-0.2, -0.15) is 0 Å². The highest BCUT2D eigenvalue weighted by Crippen LogP contribution is 2.29. The molecule has 0 heterocycles. The van der Waals surface area contributed by atoms with Crippen LogP contribution in [0.25, 0.3) is 0 Å². The summed E-state index contributed by atoms with van der Waals surface area (Å²) in [6, 6.07) is 0. The molecule has 0 aromatic rings. The Balaban J connectivity index is 0.000000561. The summed E-state index contributed by atoms with van der Waals surface area (Å²) in [5.41, 5.74) is -0.356. The highest BCUT2D eigenvalue weighted by molar-refractivity contribution is 4.77. The maximum Gasteiger partial charge on any atom is 0.0619 e. The van der Waals surface area contributed by atoms with Crippen molar-refractivity contribution in [2.75, 3.05) is 0 Å². The van der Waals surface area contributed by atoms with Crippen LogP contribution in [0, 0.1) is 5.92 Å². The first-order chi connectivity index (χ1) is 5.60. The van der Waals surface area contributed by atoms with E-state index in [1.807, 2.05) is 20.8 Å². The van der Waals surface area contributed by atoms with Gasteiger partial charge < -0.3 is 5.11 Å². The summed E-state index contributed by atoms with van der Waals surface area (Å²) < 4.78 is 0. The fraction of sp³-hybridized carbons (Fsp3) is 1.00. The molecule has 2 unspecified atom stereocenters. The molecule has 74 valence electrons. The monoisotopic (exact) mass is 172 g/mol. The zero-order valence-electron chi connectivity index (χ0n) is 9.06. The second kappa shape index (κ2) is 5.58. The van der Waals surface area contributed by atoms with Crippen LogP contribution in [-0.4, -0.2) is 10.7 Å². The molecular formula is C11H24O. The van der Waals surface area contributed by atoms with Gasteiger partial charge in [0.1, 0.15) is 0 Å². The lowest BCUT2D eigenvalue weighted by molar-refractivity contribution is 0.0435. The molecule has 1 N–H and O–H groups in total. The molecule has 12 heavy (non-hydrogen) atoms. The van der Waals surface area contributed by atoms with E-state index < -0.39 is 0 Å². The van der Waals surface area contributed by atoms with Crippen LogP contribution in [0.2, 0.25) is 0 Å². The van der Waals surface area contributed by atoms with Crippen molar-refractivity contribution in [3.8, 4) is 0 Å². The summed E-state index contributed by atoms with van der Waals surface area (Å²) in [7, 11) is 0. The first kappa shape index (κ1) is 12.0. The first-order valence-corrected chi connectivity index (χ1v) is 5.32. The molecule has 1 nitrogen and oxygen atoms in total. The SMILES string of the molecule is CC.CC1CCCC(C)(O)CC1. The van der Waals surface area contributed by atoms with Crippen molar-refractivity contribution < 1.29 is 5.11 Å². The van der Waals surface area contributed by atoms with E-state index in [2.05, 4.69) is 6.92 Å². The van der Waals surface area contributed by atoms with Crippen molar-refractivity contribution >= 4 is 0 Å². The van der Waals surface area contributed by atoms with Gasteiger partial charge in [0.15, 0.2) is 0 Å². The van der Waals surface area contributed by atoms with Gasteiger partial charge in [-0.05, 0) is 32.1 Å². The van der Waals surface area contributed by atoms with Crippen LogP contribution in [0.4, 0.5) is 0 Å². The standard InChI is InChI=1S/C9H18O.C2H6/c1-8-4-3-6-9(2,10)7-5-8;1-2/h8,10H,3-7H2,1-2H3;1-2H3. The van der Waals surface area contributed by atoms with Gasteiger partial charge in [0.05, 0.1) is 5.60 Å². The van der Waals surface area contributed by atoms with Gasteiger partial charge in [0.2, 0.25) is 0 Å². The van der Waals surface area contributed by atoms with Crippen LogP contribution in [0.5, 0.6) is 0 Å². The molecule has 2 atom stereocenters. The molecule has 1 aliphatic carbocycles. The molecule has 0 radical (unpaired) electrons. The normalized spacial score (nSPS) is 36.2. The summed E-state index contributed by atoms with van der Waals surface area (Å²) in [5, 5.41) is 9.67. The third-order valence-electron chi connectivity index (χ3n) is 2.59. The highest BCUT2D eigenvalue weighted by Gasteiger charge is 2.23. The maximum absolute atomic E-state index is 9.67. The lowest BCUT2D eigenvalue weighted by Crippen LogP contribution is -2.22. The van der Waals surface area contributed by atoms with Crippen LogP contribution in [0.3, 0.4) is 0 Å². The van der Waals surface area contributed by atoms with E-state index in [0.717, 1.165) is 18.8 Å². The van der Waals surface area contributed by atoms with Crippen LogP contribution in [0.1, 0.15) is 59.8 Å². The fourth-order valence-corrected chi connectivity index (χ4v) is 1.66. The van der Waals surface area contributed by atoms with Crippen LogP contribution < -0.4 is 0 Å². The van der Waals surface area contributed by atoms with Crippen molar-refractivity contribution in [2.24, 2.45) is 5.92 Å². The first-order valence-electron chi connectivity index (χ1n) is 5.32. The minimum Gasteiger partial charge on any atom is -0.390 e. The average molecular weight is 172 g/mol. The lowest BCUT2D eigenvalue weighted by atomic mass is 9.97. The molecule has 0 saturated heterocycles. The summed E-state index contributed by atoms with van der Waals surface area (Å²) in [6.07, 6.45) is 5.70. The minimum atomic E-state index is -0.356. The Morgan fingerprint density at radius 2 is 1.75 bits per heavy atom. The maximum atomic E-state index is 9.67. The van der Waals surface area contributed by atoms with Crippen LogP contribution >= 0.6 is 0 Å². The van der Waals surface area contributed by atoms with E-state index in [1.54, 1.807) is 0 Å². The molecule has 0 bridgehead atoms. The number of hydrogen-bond acceptors (Lipinski definition) is 1. The second-order valence-electron chi connectivity index (χ2n) is 4.03. The summed E-state index contributed by atoms with van der Waals surface area (Å²) in [6.45, 7) is 8.24. The van der Waals surface area contributed by atoms with Crippen LogP contribution in [0.15, 0.2) is 0 Å². The third kappa shape index (κ3) is 4.76. The van der Waals surface area contributed by atoms with Gasteiger partial charge >= 0.3 is 0 Å². The molecule has 0 aromatic carbocycles. The lowest BCUT2D eigenvalue weighted by Gasteiger charge is -2.19. The van der Waals surface area contributed by atoms with Gasteiger partial charge in [-0.3, -0.25) is 0 Å². The summed E-state index contributed by atoms with van der Waals surface area (Å²) >= 11 is 0. The van der Waals surface area contributed by atoms with E-state index in [9.17, 15) is 5.11 Å². The number of rotatable bonds is 0. The van der Waals surface area contributed by atoms with E-state index >= 15 is 0 Å². The van der Waals surface area contributed by atoms with E-state index in [-0.39, 0.29) is 5.60 Å². The molecule has 1 fully saturated rings. The molecule has 1 aliphatic rings. The van der Waals surface area contributed by atoms with Gasteiger partial charge in [0.25, 0.3) is 0 Å². The van der Waals surface area contributed by atoms with Gasteiger partial charge in [-0.25, -0.2) is 0 Å². The van der Waals surface area contributed by atoms with Gasteiger partial charge in [-0.1, -0.05) is 33.6 Å². The van der Waals surface area contributed by atoms with Gasteiger partial charge in [-0.15, -0.1) is 0 Å². The smallest absolute Gasteiger partial charge is 0.0619 e. The zero-order chi connectivity index (χ0) is 9.61. The Bertz CT molecular complexity index is 108. The summed E-state index contributed by atoms with van der Waals surface area (Å²) in [5.74, 6) is 0.828. The molecule has 0 aliphatic heterocycles. The quantitative estimate of drug-likeness (QED) is 0.555. The van der Waals surface area contributed by atoms with E-state index in [4.69, 9.17) is 0 Å².